The van der Waals surface area contributed by atoms with Crippen LogP contribution < -0.4 is 10.0 Å². The molecule has 0 bridgehead atoms. The summed E-state index contributed by atoms with van der Waals surface area (Å²) >= 11 is 5.92. The first-order valence-corrected chi connectivity index (χ1v) is 7.85. The molecule has 1 saturated heterocycles. The Morgan fingerprint density at radius 2 is 2.11 bits per heavy atom. The fourth-order valence-corrected chi connectivity index (χ4v) is 3.99. The summed E-state index contributed by atoms with van der Waals surface area (Å²) in [5.41, 5.74) is 0. The molecule has 0 amide bonds. The van der Waals surface area contributed by atoms with Gasteiger partial charge in [-0.15, -0.1) is 0 Å². The van der Waals surface area contributed by atoms with Gasteiger partial charge in [0.1, 0.15) is 4.90 Å². The number of hydrogen-bond donors (Lipinski definition) is 2. The van der Waals surface area contributed by atoms with Crippen LogP contribution in [0.3, 0.4) is 0 Å². The molecule has 2 atom stereocenters. The molecule has 4 nitrogen and oxygen atoms in total. The van der Waals surface area contributed by atoms with E-state index >= 15 is 0 Å². The highest BCUT2D eigenvalue weighted by Gasteiger charge is 2.25. The fraction of sp³-hybridized carbons (Fsp3) is 0.500. The van der Waals surface area contributed by atoms with Crippen molar-refractivity contribution in [3.63, 3.8) is 0 Å². The lowest BCUT2D eigenvalue weighted by atomic mass is 10.0. The third kappa shape index (κ3) is 3.23. The molecule has 1 aliphatic heterocycles. The molecule has 0 aliphatic carbocycles. The van der Waals surface area contributed by atoms with Gasteiger partial charge in [-0.3, -0.25) is 0 Å². The molecular weight excluding hydrogens is 272 g/mol. The molecule has 2 rings (SSSR count). The minimum atomic E-state index is -3.52. The van der Waals surface area contributed by atoms with Gasteiger partial charge in [0, 0.05) is 12.1 Å². The van der Waals surface area contributed by atoms with Crippen LogP contribution in [0, 0.1) is 0 Å². The standard InChI is InChI=1S/C12H17ClN2O2S/c1-9-8-10(6-7-14-9)15-18(16,17)12-5-3-2-4-11(12)13/h2-5,9-10,14-15H,6-8H2,1H3. The Kier molecular flexibility index (Phi) is 4.27. The highest BCUT2D eigenvalue weighted by atomic mass is 35.5. The first-order chi connectivity index (χ1) is 8.49. The van der Waals surface area contributed by atoms with Gasteiger partial charge in [0.05, 0.1) is 5.02 Å². The molecule has 18 heavy (non-hydrogen) atoms. The second kappa shape index (κ2) is 5.57. The van der Waals surface area contributed by atoms with E-state index in [-0.39, 0.29) is 16.0 Å². The molecule has 2 N–H and O–H groups in total. The van der Waals surface area contributed by atoms with E-state index in [1.165, 1.54) is 6.07 Å². The zero-order valence-electron chi connectivity index (χ0n) is 10.2. The Balaban J connectivity index is 2.15. The number of nitrogens with one attached hydrogen (secondary N) is 2. The molecule has 1 aromatic rings. The van der Waals surface area contributed by atoms with Gasteiger partial charge in [-0.25, -0.2) is 13.1 Å². The average Bonchev–Trinajstić information content (AvgIpc) is 2.28. The summed E-state index contributed by atoms with van der Waals surface area (Å²) in [5, 5.41) is 3.54. The lowest BCUT2D eigenvalue weighted by molar-refractivity contribution is 0.361. The smallest absolute Gasteiger partial charge is 0.242 e. The first-order valence-electron chi connectivity index (χ1n) is 5.99. The Labute approximate surface area is 113 Å². The summed E-state index contributed by atoms with van der Waals surface area (Å²) < 4.78 is 27.2. The zero-order valence-corrected chi connectivity index (χ0v) is 11.8. The van der Waals surface area contributed by atoms with Gasteiger partial charge in [-0.05, 0) is 38.4 Å². The van der Waals surface area contributed by atoms with Crippen LogP contribution in [0.1, 0.15) is 19.8 Å². The number of halogens is 1. The molecule has 100 valence electrons. The van der Waals surface area contributed by atoms with Gasteiger partial charge < -0.3 is 5.32 Å². The van der Waals surface area contributed by atoms with Crippen molar-refractivity contribution in [1.82, 2.24) is 10.0 Å². The Morgan fingerprint density at radius 3 is 2.78 bits per heavy atom. The van der Waals surface area contributed by atoms with Gasteiger partial charge in [0.2, 0.25) is 10.0 Å². The third-order valence-electron chi connectivity index (χ3n) is 3.07. The van der Waals surface area contributed by atoms with Crippen molar-refractivity contribution in [3.05, 3.63) is 29.3 Å². The highest BCUT2D eigenvalue weighted by Crippen LogP contribution is 2.21. The maximum absolute atomic E-state index is 12.2. The lowest BCUT2D eigenvalue weighted by Crippen LogP contribution is -2.46. The van der Waals surface area contributed by atoms with Crippen molar-refractivity contribution in [2.24, 2.45) is 0 Å². The van der Waals surface area contributed by atoms with Gasteiger partial charge in [-0.1, -0.05) is 23.7 Å². The summed E-state index contributed by atoms with van der Waals surface area (Å²) in [6, 6.07) is 6.80. The number of piperidine rings is 1. The first kappa shape index (κ1) is 13.8. The van der Waals surface area contributed by atoms with Crippen molar-refractivity contribution in [1.29, 1.82) is 0 Å². The lowest BCUT2D eigenvalue weighted by Gasteiger charge is -2.28. The summed E-state index contributed by atoms with van der Waals surface area (Å²) in [7, 11) is -3.52. The Hall–Kier alpha value is -0.620. The van der Waals surface area contributed by atoms with E-state index in [4.69, 9.17) is 11.6 Å². The topological polar surface area (TPSA) is 58.2 Å². The maximum atomic E-state index is 12.2. The normalized spacial score (nSPS) is 25.0. The maximum Gasteiger partial charge on any atom is 0.242 e. The second-order valence-corrected chi connectivity index (χ2v) is 6.72. The Bertz CT molecular complexity index is 519. The van der Waals surface area contributed by atoms with Crippen LogP contribution in [0.2, 0.25) is 5.02 Å². The van der Waals surface area contributed by atoms with Gasteiger partial charge >= 0.3 is 0 Å². The van der Waals surface area contributed by atoms with E-state index in [2.05, 4.69) is 17.0 Å². The fourth-order valence-electron chi connectivity index (χ4n) is 2.18. The van der Waals surface area contributed by atoms with Crippen molar-refractivity contribution >= 4 is 21.6 Å². The predicted molar refractivity (Wildman–Crippen MR) is 72.3 cm³/mol. The molecular formula is C12H17ClN2O2S. The molecule has 0 spiro atoms. The third-order valence-corrected chi connectivity index (χ3v) is 5.09. The van der Waals surface area contributed by atoms with E-state index in [1.54, 1.807) is 18.2 Å². The number of hydrogen-bond acceptors (Lipinski definition) is 3. The van der Waals surface area contributed by atoms with Crippen LogP contribution >= 0.6 is 11.6 Å². The summed E-state index contributed by atoms with van der Waals surface area (Å²) in [4.78, 5) is 0.151. The molecule has 1 aromatic carbocycles. The quantitative estimate of drug-likeness (QED) is 0.891. The van der Waals surface area contributed by atoms with E-state index in [9.17, 15) is 8.42 Å². The van der Waals surface area contributed by atoms with Gasteiger partial charge in [-0.2, -0.15) is 0 Å². The molecule has 1 aliphatic rings. The summed E-state index contributed by atoms with van der Waals surface area (Å²) in [5.74, 6) is 0. The number of benzene rings is 1. The molecule has 0 aromatic heterocycles. The molecule has 1 fully saturated rings. The minimum Gasteiger partial charge on any atom is -0.314 e. The van der Waals surface area contributed by atoms with Crippen LogP contribution in [-0.4, -0.2) is 27.0 Å². The molecule has 1 heterocycles. The van der Waals surface area contributed by atoms with Crippen LogP contribution in [-0.2, 0) is 10.0 Å². The van der Waals surface area contributed by atoms with E-state index in [0.717, 1.165) is 19.4 Å². The van der Waals surface area contributed by atoms with Crippen LogP contribution in [0.15, 0.2) is 29.2 Å². The summed E-state index contributed by atoms with van der Waals surface area (Å²) in [6.45, 7) is 2.88. The molecule has 6 heteroatoms. The molecule has 0 saturated carbocycles. The largest absolute Gasteiger partial charge is 0.314 e. The average molecular weight is 289 g/mol. The zero-order chi connectivity index (χ0) is 13.2. The predicted octanol–water partition coefficient (Wildman–Crippen LogP) is 1.76. The molecule has 2 unspecified atom stereocenters. The summed E-state index contributed by atoms with van der Waals surface area (Å²) in [6.07, 6.45) is 1.59. The monoisotopic (exact) mass is 288 g/mol. The van der Waals surface area contributed by atoms with Crippen molar-refractivity contribution < 1.29 is 8.42 Å². The Morgan fingerprint density at radius 1 is 1.39 bits per heavy atom. The number of sulfonamides is 1. The van der Waals surface area contributed by atoms with E-state index in [1.807, 2.05) is 0 Å². The SMILES string of the molecule is CC1CC(NS(=O)(=O)c2ccccc2Cl)CCN1. The van der Waals surface area contributed by atoms with Crippen molar-refractivity contribution in [3.8, 4) is 0 Å². The van der Waals surface area contributed by atoms with Crippen molar-refractivity contribution in [2.75, 3.05) is 6.54 Å². The van der Waals surface area contributed by atoms with Crippen molar-refractivity contribution in [2.45, 2.75) is 36.7 Å². The second-order valence-electron chi connectivity index (χ2n) is 4.63. The van der Waals surface area contributed by atoms with E-state index in [0.29, 0.717) is 6.04 Å². The van der Waals surface area contributed by atoms with Crippen LogP contribution in [0.5, 0.6) is 0 Å². The van der Waals surface area contributed by atoms with E-state index < -0.39 is 10.0 Å². The van der Waals surface area contributed by atoms with Gasteiger partial charge in [0.15, 0.2) is 0 Å². The minimum absolute atomic E-state index is 0.0254. The van der Waals surface area contributed by atoms with Crippen LogP contribution in [0.25, 0.3) is 0 Å². The molecule has 0 radical (unpaired) electrons. The highest BCUT2D eigenvalue weighted by molar-refractivity contribution is 7.89. The number of rotatable bonds is 3. The van der Waals surface area contributed by atoms with Gasteiger partial charge in [0.25, 0.3) is 0 Å². The van der Waals surface area contributed by atoms with Crippen LogP contribution in [0.4, 0.5) is 0 Å².